The molecule has 0 atom stereocenters. The molecule has 0 radical (unpaired) electrons. The standard InChI is InChI=1S/C18H18O5/c19-15-9-10-16(17(20)21)14(12-15)8-4-5-11-23-18(22)13-6-2-1-3-7-13/h1-3,6-7,9-10,12,19H,4-5,8,11H2,(H,20,21). The Morgan fingerprint density at radius 2 is 1.74 bits per heavy atom. The number of hydrogen-bond acceptors (Lipinski definition) is 4. The van der Waals surface area contributed by atoms with Crippen LogP contribution in [0.3, 0.4) is 0 Å². The zero-order valence-corrected chi connectivity index (χ0v) is 12.6. The number of phenols is 1. The van der Waals surface area contributed by atoms with Crippen LogP contribution in [-0.2, 0) is 11.2 Å². The Balaban J connectivity index is 1.79. The summed E-state index contributed by atoms with van der Waals surface area (Å²) in [7, 11) is 0. The molecule has 0 unspecified atom stereocenters. The second kappa shape index (κ2) is 7.98. The van der Waals surface area contributed by atoms with Crippen LogP contribution in [0.5, 0.6) is 5.75 Å². The minimum absolute atomic E-state index is 0.0421. The van der Waals surface area contributed by atoms with Gasteiger partial charge in [-0.3, -0.25) is 0 Å². The monoisotopic (exact) mass is 314 g/mol. The summed E-state index contributed by atoms with van der Waals surface area (Å²) in [6.07, 6.45) is 1.78. The highest BCUT2D eigenvalue weighted by Gasteiger charge is 2.11. The molecule has 2 N–H and O–H groups in total. The lowest BCUT2D eigenvalue weighted by atomic mass is 10.0. The van der Waals surface area contributed by atoms with Crippen LogP contribution in [0.15, 0.2) is 48.5 Å². The summed E-state index contributed by atoms with van der Waals surface area (Å²) in [5.41, 5.74) is 1.27. The van der Waals surface area contributed by atoms with Crippen molar-refractivity contribution < 1.29 is 24.5 Å². The first-order valence-electron chi connectivity index (χ1n) is 7.35. The Hall–Kier alpha value is -2.82. The number of carboxylic acids is 1. The third kappa shape index (κ3) is 4.85. The number of aromatic carboxylic acids is 1. The maximum Gasteiger partial charge on any atom is 0.338 e. The van der Waals surface area contributed by atoms with Crippen LogP contribution in [0.2, 0.25) is 0 Å². The van der Waals surface area contributed by atoms with Gasteiger partial charge in [0.2, 0.25) is 0 Å². The molecular formula is C18H18O5. The molecule has 0 aliphatic carbocycles. The average molecular weight is 314 g/mol. The van der Waals surface area contributed by atoms with E-state index >= 15 is 0 Å². The zero-order valence-electron chi connectivity index (χ0n) is 12.6. The summed E-state index contributed by atoms with van der Waals surface area (Å²) in [6.45, 7) is 0.273. The molecule has 0 saturated carbocycles. The Kier molecular flexibility index (Phi) is 5.74. The Labute approximate surface area is 134 Å². The van der Waals surface area contributed by atoms with Crippen LogP contribution >= 0.6 is 0 Å². The van der Waals surface area contributed by atoms with Crippen LogP contribution in [0.4, 0.5) is 0 Å². The number of unbranched alkanes of at least 4 members (excludes halogenated alkanes) is 1. The predicted molar refractivity (Wildman–Crippen MR) is 84.7 cm³/mol. The van der Waals surface area contributed by atoms with Crippen molar-refractivity contribution in [2.75, 3.05) is 6.61 Å². The third-order valence-electron chi connectivity index (χ3n) is 3.40. The topological polar surface area (TPSA) is 83.8 Å². The maximum absolute atomic E-state index is 11.7. The van der Waals surface area contributed by atoms with Gasteiger partial charge in [-0.1, -0.05) is 18.2 Å². The van der Waals surface area contributed by atoms with Crippen molar-refractivity contribution in [2.24, 2.45) is 0 Å². The van der Waals surface area contributed by atoms with Gasteiger partial charge in [-0.2, -0.15) is 0 Å². The van der Waals surface area contributed by atoms with Gasteiger partial charge in [0, 0.05) is 0 Å². The maximum atomic E-state index is 11.7. The number of benzene rings is 2. The number of esters is 1. The summed E-state index contributed by atoms with van der Waals surface area (Å²) in [5, 5.41) is 18.6. The molecule has 0 saturated heterocycles. The molecule has 120 valence electrons. The highest BCUT2D eigenvalue weighted by atomic mass is 16.5. The van der Waals surface area contributed by atoms with Crippen molar-refractivity contribution in [3.05, 3.63) is 65.2 Å². The van der Waals surface area contributed by atoms with E-state index in [1.807, 2.05) is 6.07 Å². The lowest BCUT2D eigenvalue weighted by molar-refractivity contribution is 0.0498. The fourth-order valence-corrected chi connectivity index (χ4v) is 2.24. The molecule has 0 fully saturated rings. The molecule has 0 aromatic heterocycles. The number of ether oxygens (including phenoxy) is 1. The van der Waals surface area contributed by atoms with E-state index < -0.39 is 5.97 Å². The second-order valence-electron chi connectivity index (χ2n) is 5.11. The SMILES string of the molecule is O=C(OCCCCc1cc(O)ccc1C(=O)O)c1ccccc1. The molecule has 5 nitrogen and oxygen atoms in total. The molecule has 23 heavy (non-hydrogen) atoms. The van der Waals surface area contributed by atoms with Gasteiger partial charge in [0.25, 0.3) is 0 Å². The first kappa shape index (κ1) is 16.5. The first-order chi connectivity index (χ1) is 11.1. The van der Waals surface area contributed by atoms with E-state index in [0.717, 1.165) is 0 Å². The van der Waals surface area contributed by atoms with Gasteiger partial charge in [0.1, 0.15) is 5.75 Å². The van der Waals surface area contributed by atoms with Crippen molar-refractivity contribution in [3.8, 4) is 5.75 Å². The van der Waals surface area contributed by atoms with Gasteiger partial charge in [0.05, 0.1) is 17.7 Å². The predicted octanol–water partition coefficient (Wildman–Crippen LogP) is 3.27. The summed E-state index contributed by atoms with van der Waals surface area (Å²) in [5.74, 6) is -1.34. The highest BCUT2D eigenvalue weighted by molar-refractivity contribution is 5.90. The van der Waals surface area contributed by atoms with E-state index in [9.17, 15) is 14.7 Å². The molecule has 0 aliphatic rings. The van der Waals surface area contributed by atoms with Crippen molar-refractivity contribution in [1.82, 2.24) is 0 Å². The van der Waals surface area contributed by atoms with Gasteiger partial charge in [-0.15, -0.1) is 0 Å². The number of carbonyl (C=O) groups excluding carboxylic acids is 1. The van der Waals surface area contributed by atoms with E-state index in [1.165, 1.54) is 18.2 Å². The molecule has 0 amide bonds. The van der Waals surface area contributed by atoms with Gasteiger partial charge in [-0.25, -0.2) is 9.59 Å². The number of carboxylic acid groups (broad SMARTS) is 1. The number of rotatable bonds is 7. The van der Waals surface area contributed by atoms with Crippen LogP contribution in [0.25, 0.3) is 0 Å². The van der Waals surface area contributed by atoms with E-state index in [4.69, 9.17) is 9.84 Å². The number of aryl methyl sites for hydroxylation is 1. The van der Waals surface area contributed by atoms with E-state index in [2.05, 4.69) is 0 Å². The van der Waals surface area contributed by atoms with Crippen LogP contribution in [0, 0.1) is 0 Å². The van der Waals surface area contributed by atoms with E-state index in [1.54, 1.807) is 24.3 Å². The number of carbonyl (C=O) groups is 2. The molecule has 0 aliphatic heterocycles. The molecule has 0 heterocycles. The Morgan fingerprint density at radius 1 is 1.00 bits per heavy atom. The summed E-state index contributed by atoms with van der Waals surface area (Å²) < 4.78 is 5.16. The molecule has 5 heteroatoms. The minimum Gasteiger partial charge on any atom is -0.508 e. The molecular weight excluding hydrogens is 296 g/mol. The Morgan fingerprint density at radius 3 is 2.43 bits per heavy atom. The van der Waals surface area contributed by atoms with Gasteiger partial charge in [-0.05, 0) is 55.2 Å². The molecule has 2 aromatic carbocycles. The largest absolute Gasteiger partial charge is 0.508 e. The normalized spacial score (nSPS) is 10.3. The minimum atomic E-state index is -1.02. The first-order valence-corrected chi connectivity index (χ1v) is 7.35. The van der Waals surface area contributed by atoms with E-state index in [-0.39, 0.29) is 23.9 Å². The van der Waals surface area contributed by atoms with Crippen LogP contribution < -0.4 is 0 Å². The van der Waals surface area contributed by atoms with Crippen molar-refractivity contribution >= 4 is 11.9 Å². The summed E-state index contributed by atoms with van der Waals surface area (Å²) in [6, 6.07) is 12.9. The number of phenolic OH excluding ortho intramolecular Hbond substituents is 1. The molecule has 2 rings (SSSR count). The van der Waals surface area contributed by atoms with Crippen molar-refractivity contribution in [1.29, 1.82) is 0 Å². The summed E-state index contributed by atoms with van der Waals surface area (Å²) >= 11 is 0. The fourth-order valence-electron chi connectivity index (χ4n) is 2.24. The third-order valence-corrected chi connectivity index (χ3v) is 3.40. The van der Waals surface area contributed by atoms with Gasteiger partial charge < -0.3 is 14.9 Å². The second-order valence-corrected chi connectivity index (χ2v) is 5.11. The number of hydrogen-bond donors (Lipinski definition) is 2. The average Bonchev–Trinajstić information content (AvgIpc) is 2.55. The van der Waals surface area contributed by atoms with Crippen LogP contribution in [0.1, 0.15) is 39.1 Å². The lowest BCUT2D eigenvalue weighted by Gasteiger charge is -2.07. The molecule has 0 bridgehead atoms. The molecule has 0 spiro atoms. The number of aromatic hydroxyl groups is 1. The van der Waals surface area contributed by atoms with Gasteiger partial charge in [0.15, 0.2) is 0 Å². The van der Waals surface area contributed by atoms with Crippen LogP contribution in [-0.4, -0.2) is 28.8 Å². The highest BCUT2D eigenvalue weighted by Crippen LogP contribution is 2.19. The lowest BCUT2D eigenvalue weighted by Crippen LogP contribution is -2.07. The molecule has 2 aromatic rings. The van der Waals surface area contributed by atoms with Gasteiger partial charge >= 0.3 is 11.9 Å². The van der Waals surface area contributed by atoms with E-state index in [0.29, 0.717) is 30.4 Å². The fraction of sp³-hybridized carbons (Fsp3) is 0.222. The summed E-state index contributed by atoms with van der Waals surface area (Å²) in [4.78, 5) is 22.9. The Bertz CT molecular complexity index is 679. The quantitative estimate of drug-likeness (QED) is 0.605. The zero-order chi connectivity index (χ0) is 16.7. The van der Waals surface area contributed by atoms with Crippen molar-refractivity contribution in [2.45, 2.75) is 19.3 Å². The van der Waals surface area contributed by atoms with Crippen molar-refractivity contribution in [3.63, 3.8) is 0 Å². The smallest absolute Gasteiger partial charge is 0.338 e.